The average Bonchev–Trinajstić information content (AvgIpc) is 3.26. The molecule has 0 fully saturated rings. The molecule has 0 N–H and O–H groups in total. The van der Waals surface area contributed by atoms with Crippen LogP contribution in [0.5, 0.6) is 0 Å². The molecule has 7 rings (SSSR count). The molecule has 33 heavy (non-hydrogen) atoms. The van der Waals surface area contributed by atoms with Crippen LogP contribution in [0.1, 0.15) is 0 Å². The molecule has 0 amide bonds. The molecule has 3 aromatic heterocycles. The summed E-state index contributed by atoms with van der Waals surface area (Å²) in [6.07, 6.45) is 0. The number of aromatic nitrogens is 2. The molecule has 0 saturated heterocycles. The van der Waals surface area contributed by atoms with Crippen molar-refractivity contribution in [2.45, 2.75) is 0 Å². The van der Waals surface area contributed by atoms with Crippen LogP contribution >= 0.6 is 0 Å². The summed E-state index contributed by atoms with van der Waals surface area (Å²) >= 11 is 0. The van der Waals surface area contributed by atoms with Gasteiger partial charge in [0.05, 0.1) is 22.6 Å². The summed E-state index contributed by atoms with van der Waals surface area (Å²) < 4.78 is 6.10. The zero-order valence-corrected chi connectivity index (χ0v) is 17.7. The summed E-state index contributed by atoms with van der Waals surface area (Å²) in [5.74, 6) is 0. The second-order valence-corrected chi connectivity index (χ2v) is 8.24. The molecule has 0 spiro atoms. The van der Waals surface area contributed by atoms with E-state index in [1.54, 1.807) is 0 Å². The predicted octanol–water partition coefficient (Wildman–Crippen LogP) is 8.02. The normalized spacial score (nSPS) is 11.6. The number of para-hydroxylation sites is 2. The lowest BCUT2D eigenvalue weighted by atomic mass is 10.0. The Labute approximate surface area is 190 Å². The van der Waals surface area contributed by atoms with Crippen LogP contribution in [0.15, 0.2) is 114 Å². The zero-order valence-electron chi connectivity index (χ0n) is 17.7. The van der Waals surface area contributed by atoms with Gasteiger partial charge in [-0.15, -0.1) is 0 Å². The van der Waals surface area contributed by atoms with E-state index in [0.29, 0.717) is 0 Å². The van der Waals surface area contributed by atoms with Crippen molar-refractivity contribution in [3.8, 4) is 22.6 Å². The molecule has 7 aromatic rings. The standard InChI is InChI=1S/C30H18N2O/c1-2-11-24-20(8-1)21-9-3-5-12-26(21)32-30(24)27-14-7-13-25(31-27)19-16-17-23-22-10-4-6-15-28(22)33-29(23)18-19/h1-18H. The minimum absolute atomic E-state index is 0.860. The number of nitrogens with zero attached hydrogens (tertiary/aromatic N) is 2. The van der Waals surface area contributed by atoms with Crippen molar-refractivity contribution in [3.05, 3.63) is 109 Å². The lowest BCUT2D eigenvalue weighted by Crippen LogP contribution is -1.93. The first-order valence-corrected chi connectivity index (χ1v) is 11.0. The summed E-state index contributed by atoms with van der Waals surface area (Å²) in [6, 6.07) is 37.2. The fourth-order valence-electron chi connectivity index (χ4n) is 4.71. The van der Waals surface area contributed by atoms with Gasteiger partial charge in [0.2, 0.25) is 0 Å². The van der Waals surface area contributed by atoms with E-state index in [0.717, 1.165) is 60.9 Å². The number of furan rings is 1. The van der Waals surface area contributed by atoms with E-state index < -0.39 is 0 Å². The summed E-state index contributed by atoms with van der Waals surface area (Å²) in [7, 11) is 0. The molecule has 0 aliphatic carbocycles. The number of rotatable bonds is 2. The van der Waals surface area contributed by atoms with Crippen molar-refractivity contribution in [1.82, 2.24) is 9.97 Å². The fourth-order valence-corrected chi connectivity index (χ4v) is 4.71. The molecule has 4 aromatic carbocycles. The summed E-state index contributed by atoms with van der Waals surface area (Å²) in [5, 5.41) is 5.70. The molecule has 154 valence electrons. The number of fused-ring (bicyclic) bond motifs is 6. The highest BCUT2D eigenvalue weighted by molar-refractivity contribution is 6.10. The molecule has 0 unspecified atom stereocenters. The van der Waals surface area contributed by atoms with Crippen LogP contribution < -0.4 is 0 Å². The Kier molecular flexibility index (Phi) is 3.84. The minimum atomic E-state index is 0.860. The van der Waals surface area contributed by atoms with E-state index in [-0.39, 0.29) is 0 Å². The van der Waals surface area contributed by atoms with E-state index >= 15 is 0 Å². The molecule has 0 radical (unpaired) electrons. The van der Waals surface area contributed by atoms with Gasteiger partial charge in [0.1, 0.15) is 11.2 Å². The fraction of sp³-hybridized carbons (Fsp3) is 0. The van der Waals surface area contributed by atoms with E-state index in [4.69, 9.17) is 14.4 Å². The van der Waals surface area contributed by atoms with Crippen molar-refractivity contribution in [2.75, 3.05) is 0 Å². The molecule has 3 heterocycles. The van der Waals surface area contributed by atoms with Gasteiger partial charge in [0, 0.05) is 27.1 Å². The quantitative estimate of drug-likeness (QED) is 0.265. The van der Waals surface area contributed by atoms with Crippen LogP contribution in [-0.4, -0.2) is 9.97 Å². The number of pyridine rings is 2. The van der Waals surface area contributed by atoms with Crippen LogP contribution in [0.4, 0.5) is 0 Å². The highest BCUT2D eigenvalue weighted by Gasteiger charge is 2.13. The van der Waals surface area contributed by atoms with Gasteiger partial charge in [-0.05, 0) is 41.8 Å². The Balaban J connectivity index is 1.42. The highest BCUT2D eigenvalue weighted by Crippen LogP contribution is 2.34. The molecular formula is C30H18N2O. The van der Waals surface area contributed by atoms with Gasteiger partial charge in [-0.2, -0.15) is 0 Å². The summed E-state index contributed by atoms with van der Waals surface area (Å²) in [5.41, 5.74) is 6.42. The Morgan fingerprint density at radius 3 is 2.06 bits per heavy atom. The average molecular weight is 422 g/mol. The van der Waals surface area contributed by atoms with Crippen molar-refractivity contribution < 1.29 is 4.42 Å². The minimum Gasteiger partial charge on any atom is -0.456 e. The second kappa shape index (κ2) is 7.01. The molecule has 0 aliphatic heterocycles. The molecule has 0 atom stereocenters. The third kappa shape index (κ3) is 2.83. The van der Waals surface area contributed by atoms with Crippen LogP contribution in [-0.2, 0) is 0 Å². The first-order chi connectivity index (χ1) is 16.3. The molecule has 3 heteroatoms. The summed E-state index contributed by atoms with van der Waals surface area (Å²) in [4.78, 5) is 10.0. The first kappa shape index (κ1) is 18.1. The first-order valence-electron chi connectivity index (χ1n) is 11.0. The maximum Gasteiger partial charge on any atom is 0.136 e. The Morgan fingerprint density at radius 1 is 0.455 bits per heavy atom. The Morgan fingerprint density at radius 2 is 1.15 bits per heavy atom. The maximum atomic E-state index is 6.10. The molecule has 0 aliphatic rings. The molecular weight excluding hydrogens is 404 g/mol. The second-order valence-electron chi connectivity index (χ2n) is 8.24. The van der Waals surface area contributed by atoms with E-state index in [1.807, 2.05) is 42.5 Å². The predicted molar refractivity (Wildman–Crippen MR) is 135 cm³/mol. The van der Waals surface area contributed by atoms with Gasteiger partial charge in [-0.25, -0.2) is 9.97 Å². The highest BCUT2D eigenvalue weighted by atomic mass is 16.3. The maximum absolute atomic E-state index is 6.10. The molecule has 0 bridgehead atoms. The van der Waals surface area contributed by atoms with Crippen molar-refractivity contribution >= 4 is 43.6 Å². The monoisotopic (exact) mass is 422 g/mol. The lowest BCUT2D eigenvalue weighted by molar-refractivity contribution is 0.669. The SMILES string of the molecule is c1cc(-c2ccc3c(c2)oc2ccccc23)nc(-c2nc3ccccc3c3ccccc23)c1. The number of benzene rings is 4. The van der Waals surface area contributed by atoms with Gasteiger partial charge < -0.3 is 4.42 Å². The van der Waals surface area contributed by atoms with Gasteiger partial charge in [0.15, 0.2) is 0 Å². The van der Waals surface area contributed by atoms with Crippen LogP contribution in [0.3, 0.4) is 0 Å². The van der Waals surface area contributed by atoms with E-state index in [1.165, 1.54) is 5.39 Å². The smallest absolute Gasteiger partial charge is 0.136 e. The third-order valence-corrected chi connectivity index (χ3v) is 6.27. The van der Waals surface area contributed by atoms with Gasteiger partial charge in [-0.1, -0.05) is 72.8 Å². The van der Waals surface area contributed by atoms with Crippen LogP contribution in [0, 0.1) is 0 Å². The topological polar surface area (TPSA) is 38.9 Å². The van der Waals surface area contributed by atoms with Gasteiger partial charge >= 0.3 is 0 Å². The van der Waals surface area contributed by atoms with Crippen molar-refractivity contribution in [1.29, 1.82) is 0 Å². The molecule has 0 saturated carbocycles. The van der Waals surface area contributed by atoms with E-state index in [2.05, 4.69) is 66.7 Å². The Hall–Kier alpha value is -4.50. The lowest BCUT2D eigenvalue weighted by Gasteiger charge is -2.10. The van der Waals surface area contributed by atoms with Crippen LogP contribution in [0.25, 0.3) is 66.3 Å². The molecule has 3 nitrogen and oxygen atoms in total. The largest absolute Gasteiger partial charge is 0.456 e. The zero-order chi connectivity index (χ0) is 21.8. The number of hydrogen-bond donors (Lipinski definition) is 0. The van der Waals surface area contributed by atoms with Crippen LogP contribution in [0.2, 0.25) is 0 Å². The summed E-state index contributed by atoms with van der Waals surface area (Å²) in [6.45, 7) is 0. The number of hydrogen-bond acceptors (Lipinski definition) is 3. The van der Waals surface area contributed by atoms with Crippen molar-refractivity contribution in [2.24, 2.45) is 0 Å². The van der Waals surface area contributed by atoms with Gasteiger partial charge in [-0.3, -0.25) is 0 Å². The van der Waals surface area contributed by atoms with E-state index in [9.17, 15) is 0 Å². The van der Waals surface area contributed by atoms with Gasteiger partial charge in [0.25, 0.3) is 0 Å². The third-order valence-electron chi connectivity index (χ3n) is 6.27. The van der Waals surface area contributed by atoms with Crippen molar-refractivity contribution in [3.63, 3.8) is 0 Å². The Bertz CT molecular complexity index is 1830.